The largest absolute Gasteiger partial charge is 0.370 e. The van der Waals surface area contributed by atoms with Crippen LogP contribution in [0.15, 0.2) is 6.07 Å². The molecule has 3 nitrogen and oxygen atoms in total. The highest BCUT2D eigenvalue weighted by Gasteiger charge is 2.06. The van der Waals surface area contributed by atoms with Crippen LogP contribution >= 0.6 is 11.6 Å². The molecule has 4 heteroatoms. The Kier molecular flexibility index (Phi) is 5.69. The molecular weight excluding hydrogens is 234 g/mol. The molecule has 0 aliphatic carbocycles. The first kappa shape index (κ1) is 14.2. The van der Waals surface area contributed by atoms with Gasteiger partial charge in [0.1, 0.15) is 16.8 Å². The van der Waals surface area contributed by atoms with E-state index in [0.29, 0.717) is 11.1 Å². The number of hydrogen-bond donors (Lipinski definition) is 1. The third kappa shape index (κ3) is 5.35. The van der Waals surface area contributed by atoms with Gasteiger partial charge in [0.05, 0.1) is 0 Å². The van der Waals surface area contributed by atoms with E-state index in [9.17, 15) is 0 Å². The third-order valence-electron chi connectivity index (χ3n) is 2.49. The first-order valence-electron chi connectivity index (χ1n) is 6.27. The molecule has 0 aliphatic rings. The molecule has 0 unspecified atom stereocenters. The molecule has 0 saturated carbocycles. The van der Waals surface area contributed by atoms with E-state index in [2.05, 4.69) is 43.0 Å². The van der Waals surface area contributed by atoms with Crippen molar-refractivity contribution in [3.8, 4) is 0 Å². The van der Waals surface area contributed by atoms with E-state index in [-0.39, 0.29) is 0 Å². The highest BCUT2D eigenvalue weighted by Crippen LogP contribution is 2.17. The van der Waals surface area contributed by atoms with Gasteiger partial charge in [-0.15, -0.1) is 0 Å². The Morgan fingerprint density at radius 3 is 2.53 bits per heavy atom. The fraction of sp³-hybridized carbons (Fsp3) is 0.692. The Hall–Kier alpha value is -0.830. The van der Waals surface area contributed by atoms with Gasteiger partial charge in [0.15, 0.2) is 0 Å². The maximum atomic E-state index is 5.97. The highest BCUT2D eigenvalue weighted by molar-refractivity contribution is 6.29. The minimum Gasteiger partial charge on any atom is -0.370 e. The Labute approximate surface area is 109 Å². The average Bonchev–Trinajstić information content (AvgIpc) is 2.23. The van der Waals surface area contributed by atoms with Gasteiger partial charge in [-0.3, -0.25) is 0 Å². The molecule has 0 fully saturated rings. The molecule has 17 heavy (non-hydrogen) atoms. The Bertz CT molecular complexity index is 351. The van der Waals surface area contributed by atoms with Crippen molar-refractivity contribution in [3.63, 3.8) is 0 Å². The van der Waals surface area contributed by atoms with E-state index in [1.54, 1.807) is 6.07 Å². The number of aromatic nitrogens is 2. The van der Waals surface area contributed by atoms with Crippen LogP contribution in [0, 0.1) is 5.92 Å². The van der Waals surface area contributed by atoms with Gasteiger partial charge in [-0.25, -0.2) is 9.97 Å². The van der Waals surface area contributed by atoms with Gasteiger partial charge in [0.2, 0.25) is 0 Å². The predicted octanol–water partition coefficient (Wildman–Crippen LogP) is 4.10. The predicted molar refractivity (Wildman–Crippen MR) is 73.7 cm³/mol. The van der Waals surface area contributed by atoms with Crippen LogP contribution in [0.2, 0.25) is 5.15 Å². The first-order valence-corrected chi connectivity index (χ1v) is 6.65. The number of halogens is 1. The van der Waals surface area contributed by atoms with E-state index in [0.717, 1.165) is 30.5 Å². The van der Waals surface area contributed by atoms with Gasteiger partial charge in [0, 0.05) is 18.5 Å². The molecule has 0 aliphatic heterocycles. The van der Waals surface area contributed by atoms with E-state index >= 15 is 0 Å². The van der Waals surface area contributed by atoms with Gasteiger partial charge < -0.3 is 5.32 Å². The summed E-state index contributed by atoms with van der Waals surface area (Å²) in [4.78, 5) is 8.65. The molecule has 0 spiro atoms. The first-order chi connectivity index (χ1) is 7.99. The average molecular weight is 256 g/mol. The van der Waals surface area contributed by atoms with Crippen LogP contribution in [0.5, 0.6) is 0 Å². The van der Waals surface area contributed by atoms with E-state index in [4.69, 9.17) is 11.6 Å². The van der Waals surface area contributed by atoms with Crippen LogP contribution in [-0.4, -0.2) is 16.5 Å². The molecule has 0 aromatic carbocycles. The second kappa shape index (κ2) is 6.80. The molecule has 1 aromatic rings. The zero-order chi connectivity index (χ0) is 12.8. The summed E-state index contributed by atoms with van der Waals surface area (Å²) in [6.45, 7) is 9.53. The molecule has 1 rings (SSSR count). The van der Waals surface area contributed by atoms with Crippen molar-refractivity contribution in [1.29, 1.82) is 0 Å². The molecule has 96 valence electrons. The highest BCUT2D eigenvalue weighted by atomic mass is 35.5. The molecular formula is C13H22ClN3. The lowest BCUT2D eigenvalue weighted by molar-refractivity contribution is 0.566. The van der Waals surface area contributed by atoms with Crippen molar-refractivity contribution in [1.82, 2.24) is 9.97 Å². The Morgan fingerprint density at radius 1 is 1.24 bits per heavy atom. The summed E-state index contributed by atoms with van der Waals surface area (Å²) in [7, 11) is 0. The van der Waals surface area contributed by atoms with Crippen molar-refractivity contribution in [2.45, 2.75) is 46.5 Å². The second-order valence-electron chi connectivity index (χ2n) is 5.05. The third-order valence-corrected chi connectivity index (χ3v) is 2.69. The minimum absolute atomic E-state index is 0.296. The number of nitrogens with one attached hydrogen (secondary N) is 1. The lowest BCUT2D eigenvalue weighted by Crippen LogP contribution is -2.07. The lowest BCUT2D eigenvalue weighted by Gasteiger charge is -2.10. The summed E-state index contributed by atoms with van der Waals surface area (Å²) in [5, 5.41) is 3.81. The smallest absolute Gasteiger partial charge is 0.135 e. The van der Waals surface area contributed by atoms with Crippen LogP contribution in [-0.2, 0) is 0 Å². The summed E-state index contributed by atoms with van der Waals surface area (Å²) in [5.74, 6) is 2.67. The van der Waals surface area contributed by atoms with Gasteiger partial charge in [-0.1, -0.05) is 39.3 Å². The number of anilines is 1. The topological polar surface area (TPSA) is 37.8 Å². The quantitative estimate of drug-likeness (QED) is 0.614. The molecule has 0 atom stereocenters. The summed E-state index contributed by atoms with van der Waals surface area (Å²) >= 11 is 5.97. The van der Waals surface area contributed by atoms with E-state index < -0.39 is 0 Å². The number of nitrogens with zero attached hydrogens (tertiary/aromatic N) is 2. The summed E-state index contributed by atoms with van der Waals surface area (Å²) < 4.78 is 0. The molecule has 0 amide bonds. The summed E-state index contributed by atoms with van der Waals surface area (Å²) in [5.41, 5.74) is 0. The van der Waals surface area contributed by atoms with Crippen LogP contribution in [0.4, 0.5) is 5.82 Å². The van der Waals surface area contributed by atoms with E-state index in [1.807, 2.05) is 0 Å². The SMILES string of the molecule is CC(C)CCCNc1cc(Cl)nc(C(C)C)n1. The van der Waals surface area contributed by atoms with Crippen molar-refractivity contribution in [2.75, 3.05) is 11.9 Å². The molecule has 0 radical (unpaired) electrons. The second-order valence-corrected chi connectivity index (χ2v) is 5.44. The maximum Gasteiger partial charge on any atom is 0.135 e. The van der Waals surface area contributed by atoms with Gasteiger partial charge in [0.25, 0.3) is 0 Å². The molecule has 1 aromatic heterocycles. The standard InChI is InChI=1S/C13H22ClN3/c1-9(2)6-5-7-15-12-8-11(14)16-13(17-12)10(3)4/h8-10H,5-7H2,1-4H3,(H,15,16,17). The van der Waals surface area contributed by atoms with Gasteiger partial charge in [-0.2, -0.15) is 0 Å². The number of rotatable bonds is 6. The molecule has 1 heterocycles. The molecule has 1 N–H and O–H groups in total. The van der Waals surface area contributed by atoms with Gasteiger partial charge in [-0.05, 0) is 18.8 Å². The summed E-state index contributed by atoms with van der Waals surface area (Å²) in [6, 6.07) is 1.78. The minimum atomic E-state index is 0.296. The monoisotopic (exact) mass is 255 g/mol. The van der Waals surface area contributed by atoms with Crippen LogP contribution in [0.25, 0.3) is 0 Å². The maximum absolute atomic E-state index is 5.97. The van der Waals surface area contributed by atoms with Crippen LogP contribution < -0.4 is 5.32 Å². The lowest BCUT2D eigenvalue weighted by atomic mass is 10.1. The van der Waals surface area contributed by atoms with Gasteiger partial charge >= 0.3 is 0 Å². The van der Waals surface area contributed by atoms with E-state index in [1.165, 1.54) is 6.42 Å². The zero-order valence-corrected chi connectivity index (χ0v) is 11.9. The fourth-order valence-corrected chi connectivity index (χ4v) is 1.70. The Morgan fingerprint density at radius 2 is 1.94 bits per heavy atom. The van der Waals surface area contributed by atoms with Crippen molar-refractivity contribution >= 4 is 17.4 Å². The fourth-order valence-electron chi connectivity index (χ4n) is 1.51. The zero-order valence-electron chi connectivity index (χ0n) is 11.1. The number of hydrogen-bond acceptors (Lipinski definition) is 3. The Balaban J connectivity index is 2.53. The molecule has 0 saturated heterocycles. The van der Waals surface area contributed by atoms with Crippen molar-refractivity contribution in [3.05, 3.63) is 17.0 Å². The van der Waals surface area contributed by atoms with Crippen LogP contribution in [0.3, 0.4) is 0 Å². The normalized spacial score (nSPS) is 11.2. The van der Waals surface area contributed by atoms with Crippen molar-refractivity contribution in [2.24, 2.45) is 5.92 Å². The molecule has 0 bridgehead atoms. The summed E-state index contributed by atoms with van der Waals surface area (Å²) in [6.07, 6.45) is 2.37. The van der Waals surface area contributed by atoms with Crippen molar-refractivity contribution < 1.29 is 0 Å². The van der Waals surface area contributed by atoms with Crippen LogP contribution in [0.1, 0.15) is 52.3 Å².